The predicted molar refractivity (Wildman–Crippen MR) is 120 cm³/mol. The van der Waals surface area contributed by atoms with Crippen molar-refractivity contribution in [1.82, 2.24) is 9.97 Å². The maximum Gasteiger partial charge on any atom is 0.172 e. The van der Waals surface area contributed by atoms with Crippen LogP contribution in [0.1, 0.15) is 18.3 Å². The number of piperazine rings is 1. The zero-order chi connectivity index (χ0) is 21.3. The first kappa shape index (κ1) is 20.3. The molecule has 0 aliphatic carbocycles. The van der Waals surface area contributed by atoms with Gasteiger partial charge in [0.15, 0.2) is 11.6 Å². The zero-order valence-corrected chi connectivity index (χ0v) is 17.9. The molecule has 6 nitrogen and oxygen atoms in total. The second-order valence-electron chi connectivity index (χ2n) is 7.77. The number of nitrogens with zero attached hydrogens (tertiary/aromatic N) is 3. The van der Waals surface area contributed by atoms with Crippen molar-refractivity contribution < 1.29 is 10.0 Å². The summed E-state index contributed by atoms with van der Waals surface area (Å²) in [5.74, 6) is 0.495. The SMILES string of the molecule is Cc1ccc(Cl)cc1N1CC[NH+]([C@@H](C)/C(O)=C(\C#N)c2nc3ccccc3[nH]2)CC1. The highest BCUT2D eigenvalue weighted by atomic mass is 35.5. The quantitative estimate of drug-likeness (QED) is 0.446. The zero-order valence-electron chi connectivity index (χ0n) is 17.1. The van der Waals surface area contributed by atoms with E-state index in [4.69, 9.17) is 11.6 Å². The third kappa shape index (κ3) is 3.87. The van der Waals surface area contributed by atoms with Crippen molar-refractivity contribution in [3.05, 3.63) is 64.6 Å². The van der Waals surface area contributed by atoms with Gasteiger partial charge in [-0.3, -0.25) is 0 Å². The molecule has 1 atom stereocenters. The Morgan fingerprint density at radius 3 is 2.70 bits per heavy atom. The molecular formula is C23H25ClN5O+. The summed E-state index contributed by atoms with van der Waals surface area (Å²) >= 11 is 6.18. The van der Waals surface area contributed by atoms with Crippen LogP contribution in [0.4, 0.5) is 5.69 Å². The third-order valence-electron chi connectivity index (χ3n) is 5.93. The molecule has 1 aliphatic heterocycles. The predicted octanol–water partition coefficient (Wildman–Crippen LogP) is 3.11. The Balaban J connectivity index is 1.51. The standard InChI is InChI=1S/C23H24ClN5O/c1-15-7-8-17(24)13-21(15)29-11-9-28(10-12-29)16(2)22(30)18(14-25)23-26-19-5-3-4-6-20(19)27-23/h3-8,13,16,30H,9-12H2,1-2H3,(H,26,27)/p+1/b22-18-/t16-/m0/s1. The van der Waals surface area contributed by atoms with Crippen molar-refractivity contribution >= 4 is 33.9 Å². The molecule has 0 saturated carbocycles. The summed E-state index contributed by atoms with van der Waals surface area (Å²) in [4.78, 5) is 11.2. The molecule has 1 aliphatic rings. The number of nitriles is 1. The minimum Gasteiger partial charge on any atom is -0.505 e. The van der Waals surface area contributed by atoms with Gasteiger partial charge in [0.25, 0.3) is 0 Å². The number of fused-ring (bicyclic) bond motifs is 1. The Bertz CT molecular complexity index is 1100. The average Bonchev–Trinajstić information content (AvgIpc) is 3.19. The van der Waals surface area contributed by atoms with E-state index in [-0.39, 0.29) is 17.4 Å². The molecule has 3 aromatic rings. The van der Waals surface area contributed by atoms with Crippen LogP contribution in [-0.2, 0) is 0 Å². The van der Waals surface area contributed by atoms with Gasteiger partial charge < -0.3 is 19.9 Å². The van der Waals surface area contributed by atoms with Crippen LogP contribution in [0.3, 0.4) is 0 Å². The summed E-state index contributed by atoms with van der Waals surface area (Å²) in [6.07, 6.45) is 0. The number of aliphatic hydroxyl groups excluding tert-OH is 1. The number of imidazole rings is 1. The van der Waals surface area contributed by atoms with Gasteiger partial charge in [-0.2, -0.15) is 5.26 Å². The number of allylic oxidation sites excluding steroid dienone is 1. The maximum atomic E-state index is 10.9. The van der Waals surface area contributed by atoms with Crippen LogP contribution in [0, 0.1) is 18.3 Å². The molecule has 2 heterocycles. The van der Waals surface area contributed by atoms with E-state index in [1.165, 1.54) is 10.5 Å². The van der Waals surface area contributed by atoms with Gasteiger partial charge in [-0.25, -0.2) is 4.98 Å². The monoisotopic (exact) mass is 422 g/mol. The van der Waals surface area contributed by atoms with Crippen molar-refractivity contribution in [2.45, 2.75) is 19.9 Å². The number of benzene rings is 2. The Kier molecular flexibility index (Phi) is 5.67. The number of aromatic amines is 1. The van der Waals surface area contributed by atoms with E-state index >= 15 is 0 Å². The van der Waals surface area contributed by atoms with E-state index < -0.39 is 0 Å². The van der Waals surface area contributed by atoms with E-state index in [1.54, 1.807) is 0 Å². The summed E-state index contributed by atoms with van der Waals surface area (Å²) in [7, 11) is 0. The lowest BCUT2D eigenvalue weighted by molar-refractivity contribution is -0.919. The highest BCUT2D eigenvalue weighted by Gasteiger charge is 2.30. The Morgan fingerprint density at radius 2 is 2.00 bits per heavy atom. The largest absolute Gasteiger partial charge is 0.505 e. The van der Waals surface area contributed by atoms with Crippen LogP contribution in [0.5, 0.6) is 0 Å². The molecule has 2 aromatic carbocycles. The number of aromatic nitrogens is 2. The van der Waals surface area contributed by atoms with E-state index in [1.807, 2.05) is 49.4 Å². The van der Waals surface area contributed by atoms with E-state index in [0.29, 0.717) is 5.82 Å². The van der Waals surface area contributed by atoms with Crippen molar-refractivity contribution in [3.63, 3.8) is 0 Å². The lowest BCUT2D eigenvalue weighted by Crippen LogP contribution is -3.18. The number of quaternary nitrogens is 1. The molecule has 4 rings (SSSR count). The number of hydrogen-bond acceptors (Lipinski definition) is 4. The minimum atomic E-state index is -0.199. The molecule has 1 fully saturated rings. The molecule has 30 heavy (non-hydrogen) atoms. The number of halogens is 1. The fourth-order valence-electron chi connectivity index (χ4n) is 4.10. The number of anilines is 1. The van der Waals surface area contributed by atoms with Crippen LogP contribution in [0.25, 0.3) is 16.6 Å². The Morgan fingerprint density at radius 1 is 1.27 bits per heavy atom. The summed E-state index contributed by atoms with van der Waals surface area (Å²) in [6, 6.07) is 15.5. The first-order chi connectivity index (χ1) is 14.5. The highest BCUT2D eigenvalue weighted by molar-refractivity contribution is 6.30. The van der Waals surface area contributed by atoms with Crippen LogP contribution in [0.15, 0.2) is 48.2 Å². The summed E-state index contributed by atoms with van der Waals surface area (Å²) in [5, 5.41) is 21.4. The minimum absolute atomic E-state index is 0.0824. The van der Waals surface area contributed by atoms with Gasteiger partial charge in [-0.05, 0) is 43.7 Å². The van der Waals surface area contributed by atoms with Crippen molar-refractivity contribution in [1.29, 1.82) is 5.26 Å². The fourth-order valence-corrected chi connectivity index (χ4v) is 4.27. The fraction of sp³-hybridized carbons (Fsp3) is 0.304. The van der Waals surface area contributed by atoms with Gasteiger partial charge in [0.1, 0.15) is 17.7 Å². The molecule has 3 N–H and O–H groups in total. The Labute approximate surface area is 181 Å². The molecular weight excluding hydrogens is 398 g/mol. The van der Waals surface area contributed by atoms with Crippen LogP contribution in [-0.4, -0.2) is 47.3 Å². The van der Waals surface area contributed by atoms with E-state index in [0.717, 1.165) is 47.9 Å². The molecule has 0 unspecified atom stereocenters. The molecule has 1 aromatic heterocycles. The van der Waals surface area contributed by atoms with Crippen LogP contribution in [0.2, 0.25) is 5.02 Å². The summed E-state index contributed by atoms with van der Waals surface area (Å²) in [6.45, 7) is 7.49. The first-order valence-corrected chi connectivity index (χ1v) is 10.5. The molecule has 154 valence electrons. The molecule has 0 radical (unpaired) electrons. The number of aryl methyl sites for hydroxylation is 1. The number of hydrogen-bond donors (Lipinski definition) is 3. The van der Waals surface area contributed by atoms with Crippen molar-refractivity contribution in [2.75, 3.05) is 31.1 Å². The molecule has 1 saturated heterocycles. The highest BCUT2D eigenvalue weighted by Crippen LogP contribution is 2.24. The van der Waals surface area contributed by atoms with Gasteiger partial charge in [-0.15, -0.1) is 0 Å². The van der Waals surface area contributed by atoms with Crippen LogP contribution >= 0.6 is 11.6 Å². The molecule has 0 amide bonds. The van der Waals surface area contributed by atoms with Crippen molar-refractivity contribution in [2.24, 2.45) is 0 Å². The maximum absolute atomic E-state index is 10.9. The normalized spacial score (nSPS) is 16.9. The second kappa shape index (κ2) is 8.39. The van der Waals surface area contributed by atoms with Gasteiger partial charge in [-0.1, -0.05) is 29.8 Å². The van der Waals surface area contributed by atoms with Crippen molar-refractivity contribution in [3.8, 4) is 6.07 Å². The smallest absolute Gasteiger partial charge is 0.172 e. The van der Waals surface area contributed by atoms with E-state index in [2.05, 4.69) is 27.9 Å². The number of rotatable bonds is 4. The van der Waals surface area contributed by atoms with E-state index in [9.17, 15) is 10.4 Å². The number of aliphatic hydroxyl groups is 1. The third-order valence-corrected chi connectivity index (χ3v) is 6.17. The number of nitrogens with one attached hydrogen (secondary N) is 2. The van der Waals surface area contributed by atoms with Gasteiger partial charge in [0, 0.05) is 10.7 Å². The van der Waals surface area contributed by atoms with Crippen LogP contribution < -0.4 is 9.80 Å². The first-order valence-electron chi connectivity index (χ1n) is 10.1. The molecule has 0 bridgehead atoms. The second-order valence-corrected chi connectivity index (χ2v) is 8.21. The topological polar surface area (TPSA) is 80.4 Å². The number of H-pyrrole nitrogens is 1. The molecule has 0 spiro atoms. The average molecular weight is 423 g/mol. The lowest BCUT2D eigenvalue weighted by Gasteiger charge is -2.37. The van der Waals surface area contributed by atoms with Gasteiger partial charge in [0.2, 0.25) is 0 Å². The van der Waals surface area contributed by atoms with Gasteiger partial charge in [0.05, 0.1) is 37.2 Å². The molecule has 7 heteroatoms. The number of para-hydroxylation sites is 2. The van der Waals surface area contributed by atoms with Gasteiger partial charge >= 0.3 is 0 Å². The summed E-state index contributed by atoms with van der Waals surface area (Å²) < 4.78 is 0. The Hall–Kier alpha value is -3.01. The summed E-state index contributed by atoms with van der Waals surface area (Å²) in [5.41, 5.74) is 4.20. The lowest BCUT2D eigenvalue weighted by atomic mass is 10.1.